The summed E-state index contributed by atoms with van der Waals surface area (Å²) in [5, 5.41) is 15.8. The molecule has 0 atom stereocenters. The second kappa shape index (κ2) is 12.4. The molecule has 11 nitrogen and oxygen atoms in total. The van der Waals surface area contributed by atoms with E-state index in [-0.39, 0.29) is 0 Å². The van der Waals surface area contributed by atoms with E-state index < -0.39 is 24.3 Å². The zero-order valence-electron chi connectivity index (χ0n) is 23.2. The lowest BCUT2D eigenvalue weighted by atomic mass is 9.92. The van der Waals surface area contributed by atoms with Gasteiger partial charge in [-0.15, -0.1) is 0 Å². The number of carboxylic acids is 1. The molecule has 0 spiro atoms. The number of oxime groups is 1. The second-order valence-corrected chi connectivity index (χ2v) is 9.52. The molecule has 0 fully saturated rings. The molecule has 0 unspecified atom stereocenters. The SMILES string of the molecule is COc1ccc(C2=CC(=NOCC(=O)O)CCc3c2cc(OC)c(OC)c3OC)cc1NC(=O)OC(C)(C)C. The smallest absolute Gasteiger partial charge is 0.412 e. The van der Waals surface area contributed by atoms with Crippen molar-refractivity contribution in [3.63, 3.8) is 0 Å². The summed E-state index contributed by atoms with van der Waals surface area (Å²) in [6, 6.07) is 7.15. The predicted octanol–water partition coefficient (Wildman–Crippen LogP) is 4.90. The van der Waals surface area contributed by atoms with Gasteiger partial charge in [-0.05, 0) is 74.6 Å². The molecule has 0 saturated heterocycles. The van der Waals surface area contributed by atoms with Gasteiger partial charge >= 0.3 is 12.1 Å². The normalized spacial score (nSPS) is 13.9. The molecular weight excluding hydrogens is 508 g/mol. The van der Waals surface area contributed by atoms with Crippen molar-refractivity contribution in [1.82, 2.24) is 0 Å². The Morgan fingerprint density at radius 2 is 1.64 bits per heavy atom. The van der Waals surface area contributed by atoms with Crippen LogP contribution in [0.1, 0.15) is 43.9 Å². The quantitative estimate of drug-likeness (QED) is 0.424. The van der Waals surface area contributed by atoms with Crippen LogP contribution in [0.5, 0.6) is 23.0 Å². The first-order valence-corrected chi connectivity index (χ1v) is 12.1. The van der Waals surface area contributed by atoms with Crippen LogP contribution in [0.2, 0.25) is 0 Å². The molecule has 2 aromatic carbocycles. The van der Waals surface area contributed by atoms with Crippen LogP contribution in [0.15, 0.2) is 35.5 Å². The maximum atomic E-state index is 12.6. The Balaban J connectivity index is 2.21. The van der Waals surface area contributed by atoms with Gasteiger partial charge in [0, 0.05) is 5.56 Å². The van der Waals surface area contributed by atoms with Crippen molar-refractivity contribution >= 4 is 29.0 Å². The Bertz CT molecular complexity index is 1290. The number of hydrogen-bond acceptors (Lipinski definition) is 9. The molecule has 1 aliphatic carbocycles. The van der Waals surface area contributed by atoms with Crippen LogP contribution in [0.4, 0.5) is 10.5 Å². The van der Waals surface area contributed by atoms with Gasteiger partial charge in [-0.3, -0.25) is 5.32 Å². The van der Waals surface area contributed by atoms with Crippen molar-refractivity contribution < 1.29 is 43.2 Å². The van der Waals surface area contributed by atoms with Gasteiger partial charge in [0.1, 0.15) is 11.4 Å². The van der Waals surface area contributed by atoms with Crippen LogP contribution >= 0.6 is 0 Å². The van der Waals surface area contributed by atoms with Crippen LogP contribution in [0.3, 0.4) is 0 Å². The van der Waals surface area contributed by atoms with Crippen LogP contribution in [0.25, 0.3) is 5.57 Å². The molecule has 0 bridgehead atoms. The van der Waals surface area contributed by atoms with Gasteiger partial charge in [0.2, 0.25) is 12.4 Å². The van der Waals surface area contributed by atoms with Gasteiger partial charge in [0.15, 0.2) is 11.5 Å². The number of benzene rings is 2. The van der Waals surface area contributed by atoms with Gasteiger partial charge < -0.3 is 33.6 Å². The first-order chi connectivity index (χ1) is 18.5. The maximum absolute atomic E-state index is 12.6. The Labute approximate surface area is 227 Å². The zero-order chi connectivity index (χ0) is 28.7. The van der Waals surface area contributed by atoms with Crippen LogP contribution in [-0.4, -0.2) is 63.5 Å². The molecule has 2 N–H and O–H groups in total. The number of ether oxygens (including phenoxy) is 5. The number of nitrogens with one attached hydrogen (secondary N) is 1. The van der Waals surface area contributed by atoms with E-state index in [4.69, 9.17) is 33.6 Å². The summed E-state index contributed by atoms with van der Waals surface area (Å²) in [5.41, 5.74) is 3.23. The standard InChI is InChI=1S/C28H34N2O9/c1-28(2,3)39-27(33)29-21-12-16(8-11-22(21)34-4)19-13-17(30-38-15-24(31)32)9-10-18-20(19)14-23(35-5)26(37-7)25(18)36-6/h8,11-14H,9-10,15H2,1-7H3,(H,29,33)(H,31,32). The van der Waals surface area contributed by atoms with Crippen LogP contribution < -0.4 is 24.3 Å². The fourth-order valence-corrected chi connectivity index (χ4v) is 4.14. The van der Waals surface area contributed by atoms with Crippen molar-refractivity contribution in [2.45, 2.75) is 39.2 Å². The first kappa shape index (κ1) is 29.2. The third-order valence-electron chi connectivity index (χ3n) is 5.68. The lowest BCUT2D eigenvalue weighted by Crippen LogP contribution is -2.27. The van der Waals surface area contributed by atoms with E-state index in [1.165, 1.54) is 21.3 Å². The zero-order valence-corrected chi connectivity index (χ0v) is 23.2. The molecule has 1 aliphatic rings. The molecule has 2 aromatic rings. The van der Waals surface area contributed by atoms with Crippen molar-refractivity contribution in [2.75, 3.05) is 40.4 Å². The number of hydrogen-bond donors (Lipinski definition) is 2. The number of nitrogens with zero attached hydrogens (tertiary/aromatic N) is 1. The van der Waals surface area contributed by atoms with E-state index in [0.29, 0.717) is 58.4 Å². The average Bonchev–Trinajstić information content (AvgIpc) is 3.05. The third kappa shape index (κ3) is 7.13. The molecule has 39 heavy (non-hydrogen) atoms. The molecule has 11 heteroatoms. The summed E-state index contributed by atoms with van der Waals surface area (Å²) in [4.78, 5) is 28.6. The average molecular weight is 543 g/mol. The molecule has 0 saturated carbocycles. The number of carboxylic acid groups (broad SMARTS) is 1. The molecule has 0 heterocycles. The van der Waals surface area contributed by atoms with Crippen molar-refractivity contribution in [3.05, 3.63) is 47.0 Å². The van der Waals surface area contributed by atoms with Gasteiger partial charge in [-0.25, -0.2) is 9.59 Å². The predicted molar refractivity (Wildman–Crippen MR) is 145 cm³/mol. The molecule has 0 aromatic heterocycles. The molecule has 0 aliphatic heterocycles. The van der Waals surface area contributed by atoms with Gasteiger partial charge in [0.05, 0.1) is 39.8 Å². The molecule has 210 valence electrons. The summed E-state index contributed by atoms with van der Waals surface area (Å²) in [6.45, 7) is 4.75. The summed E-state index contributed by atoms with van der Waals surface area (Å²) in [6.07, 6.45) is 2.09. The summed E-state index contributed by atoms with van der Waals surface area (Å²) in [7, 11) is 6.12. The van der Waals surface area contributed by atoms with E-state index >= 15 is 0 Å². The number of aliphatic carboxylic acids is 1. The number of anilines is 1. The summed E-state index contributed by atoms with van der Waals surface area (Å²) >= 11 is 0. The monoisotopic (exact) mass is 542 g/mol. The Hall–Kier alpha value is -4.41. The van der Waals surface area contributed by atoms with E-state index in [0.717, 1.165) is 11.1 Å². The molecule has 1 amide bonds. The van der Waals surface area contributed by atoms with Crippen LogP contribution in [0, 0.1) is 0 Å². The number of rotatable bonds is 9. The van der Waals surface area contributed by atoms with Crippen molar-refractivity contribution in [2.24, 2.45) is 5.16 Å². The first-order valence-electron chi connectivity index (χ1n) is 12.1. The van der Waals surface area contributed by atoms with Crippen molar-refractivity contribution in [3.8, 4) is 23.0 Å². The number of allylic oxidation sites excluding steroid dienone is 1. The highest BCUT2D eigenvalue weighted by atomic mass is 16.6. The molecule has 0 radical (unpaired) electrons. The minimum absolute atomic E-state index is 0.393. The highest BCUT2D eigenvalue weighted by Crippen LogP contribution is 2.47. The summed E-state index contributed by atoms with van der Waals surface area (Å²) < 4.78 is 27.8. The topological polar surface area (TPSA) is 134 Å². The number of fused-ring (bicyclic) bond motifs is 1. The highest BCUT2D eigenvalue weighted by molar-refractivity contribution is 6.06. The highest BCUT2D eigenvalue weighted by Gasteiger charge is 2.26. The summed E-state index contributed by atoms with van der Waals surface area (Å²) in [5.74, 6) is 0.711. The number of carbonyl (C=O) groups is 2. The second-order valence-electron chi connectivity index (χ2n) is 9.52. The minimum atomic E-state index is -1.13. The Morgan fingerprint density at radius 1 is 0.949 bits per heavy atom. The van der Waals surface area contributed by atoms with E-state index in [1.54, 1.807) is 46.1 Å². The van der Waals surface area contributed by atoms with E-state index in [2.05, 4.69) is 10.5 Å². The Kier molecular flexibility index (Phi) is 9.29. The lowest BCUT2D eigenvalue weighted by molar-refractivity contribution is -0.142. The van der Waals surface area contributed by atoms with Crippen LogP contribution in [-0.2, 0) is 20.8 Å². The lowest BCUT2D eigenvalue weighted by Gasteiger charge is -2.22. The minimum Gasteiger partial charge on any atom is -0.495 e. The van der Waals surface area contributed by atoms with Crippen molar-refractivity contribution in [1.29, 1.82) is 0 Å². The number of carbonyl (C=O) groups excluding carboxylic acids is 1. The largest absolute Gasteiger partial charge is 0.495 e. The van der Waals surface area contributed by atoms with Gasteiger partial charge in [-0.1, -0.05) is 11.2 Å². The number of methoxy groups -OCH3 is 4. The van der Waals surface area contributed by atoms with E-state index in [9.17, 15) is 9.59 Å². The van der Waals surface area contributed by atoms with Gasteiger partial charge in [-0.2, -0.15) is 0 Å². The Morgan fingerprint density at radius 3 is 2.23 bits per heavy atom. The fraction of sp³-hybridized carbons (Fsp3) is 0.393. The number of amides is 1. The maximum Gasteiger partial charge on any atom is 0.412 e. The molecule has 3 rings (SSSR count). The fourth-order valence-electron chi connectivity index (χ4n) is 4.14. The van der Waals surface area contributed by atoms with Gasteiger partial charge in [0.25, 0.3) is 0 Å². The molecular formula is C28H34N2O9. The van der Waals surface area contributed by atoms with E-state index in [1.807, 2.05) is 12.1 Å². The third-order valence-corrected chi connectivity index (χ3v) is 5.68.